The van der Waals surface area contributed by atoms with Gasteiger partial charge >= 0.3 is 0 Å². The van der Waals surface area contributed by atoms with Gasteiger partial charge in [0, 0.05) is 11.1 Å². The highest BCUT2D eigenvalue weighted by atomic mass is 32.1. The highest BCUT2D eigenvalue weighted by molar-refractivity contribution is 7.09. The Labute approximate surface area is 70.5 Å². The molecule has 3 heteroatoms. The van der Waals surface area contributed by atoms with E-state index in [1.165, 1.54) is 6.42 Å². The zero-order valence-corrected chi connectivity index (χ0v) is 7.45. The van der Waals surface area contributed by atoms with Crippen molar-refractivity contribution in [3.8, 4) is 0 Å². The fraction of sp³-hybridized carbons (Fsp3) is 0.625. The zero-order chi connectivity index (χ0) is 7.90. The van der Waals surface area contributed by atoms with Crippen LogP contribution in [-0.2, 0) is 5.54 Å². The predicted octanol–water partition coefficient (Wildman–Crippen LogP) is 1.79. The molecule has 2 nitrogen and oxygen atoms in total. The summed E-state index contributed by atoms with van der Waals surface area (Å²) in [5.74, 6) is 0. The Morgan fingerprint density at radius 1 is 1.64 bits per heavy atom. The van der Waals surface area contributed by atoms with E-state index in [-0.39, 0.29) is 5.54 Å². The molecule has 0 saturated heterocycles. The van der Waals surface area contributed by atoms with E-state index in [1.807, 2.05) is 6.92 Å². The lowest BCUT2D eigenvalue weighted by atomic mass is 9.78. The SMILES string of the molecule is Cc1csc(C2(N)CCC2)n1. The van der Waals surface area contributed by atoms with E-state index in [1.54, 1.807) is 11.3 Å². The molecule has 1 aromatic heterocycles. The Morgan fingerprint density at radius 3 is 2.73 bits per heavy atom. The maximum atomic E-state index is 6.09. The van der Waals surface area contributed by atoms with Gasteiger partial charge in [-0.1, -0.05) is 0 Å². The van der Waals surface area contributed by atoms with E-state index in [0.717, 1.165) is 23.5 Å². The molecule has 0 radical (unpaired) electrons. The molecule has 2 rings (SSSR count). The average Bonchev–Trinajstić information content (AvgIpc) is 2.31. The predicted molar refractivity (Wildman–Crippen MR) is 46.6 cm³/mol. The Morgan fingerprint density at radius 2 is 2.36 bits per heavy atom. The number of nitrogens with zero attached hydrogens (tertiary/aromatic N) is 1. The molecule has 11 heavy (non-hydrogen) atoms. The van der Waals surface area contributed by atoms with Crippen LogP contribution >= 0.6 is 11.3 Å². The van der Waals surface area contributed by atoms with Crippen LogP contribution in [0.3, 0.4) is 0 Å². The minimum absolute atomic E-state index is 0.0566. The molecule has 0 bridgehead atoms. The summed E-state index contributed by atoms with van der Waals surface area (Å²) in [5.41, 5.74) is 7.13. The summed E-state index contributed by atoms with van der Waals surface area (Å²) < 4.78 is 0. The summed E-state index contributed by atoms with van der Waals surface area (Å²) in [6, 6.07) is 0. The van der Waals surface area contributed by atoms with Crippen LogP contribution in [0.5, 0.6) is 0 Å². The number of hydrogen-bond acceptors (Lipinski definition) is 3. The quantitative estimate of drug-likeness (QED) is 0.694. The molecule has 0 spiro atoms. The molecule has 60 valence electrons. The van der Waals surface area contributed by atoms with Crippen LogP contribution in [0.15, 0.2) is 5.38 Å². The maximum Gasteiger partial charge on any atom is 0.113 e. The number of aryl methyl sites for hydroxylation is 1. The molecule has 1 aromatic rings. The molecular weight excluding hydrogens is 156 g/mol. The molecule has 1 aliphatic carbocycles. The normalized spacial score (nSPS) is 21.3. The second-order valence-electron chi connectivity index (χ2n) is 3.30. The van der Waals surface area contributed by atoms with Gasteiger partial charge in [-0.05, 0) is 26.2 Å². The molecule has 0 unspecified atom stereocenters. The second kappa shape index (κ2) is 2.29. The van der Waals surface area contributed by atoms with Gasteiger partial charge in [0.1, 0.15) is 5.01 Å². The topological polar surface area (TPSA) is 38.9 Å². The zero-order valence-electron chi connectivity index (χ0n) is 6.63. The van der Waals surface area contributed by atoms with Gasteiger partial charge < -0.3 is 5.73 Å². The monoisotopic (exact) mass is 168 g/mol. The lowest BCUT2D eigenvalue weighted by molar-refractivity contribution is 0.252. The minimum atomic E-state index is -0.0566. The van der Waals surface area contributed by atoms with E-state index >= 15 is 0 Å². The molecule has 1 saturated carbocycles. The van der Waals surface area contributed by atoms with Crippen molar-refractivity contribution in [2.45, 2.75) is 31.7 Å². The summed E-state index contributed by atoms with van der Waals surface area (Å²) >= 11 is 1.70. The van der Waals surface area contributed by atoms with Crippen molar-refractivity contribution < 1.29 is 0 Å². The minimum Gasteiger partial charge on any atom is -0.319 e. The number of thiazole rings is 1. The fourth-order valence-electron chi connectivity index (χ4n) is 1.35. The first-order chi connectivity index (χ1) is 5.21. The van der Waals surface area contributed by atoms with Crippen molar-refractivity contribution in [3.63, 3.8) is 0 Å². The number of aromatic nitrogens is 1. The first-order valence-corrected chi connectivity index (χ1v) is 4.80. The van der Waals surface area contributed by atoms with Crippen molar-refractivity contribution in [3.05, 3.63) is 16.1 Å². The van der Waals surface area contributed by atoms with Crippen LogP contribution in [0.25, 0.3) is 0 Å². The van der Waals surface area contributed by atoms with Gasteiger partial charge in [0.25, 0.3) is 0 Å². The third kappa shape index (κ3) is 1.08. The smallest absolute Gasteiger partial charge is 0.113 e. The van der Waals surface area contributed by atoms with Crippen LogP contribution in [0, 0.1) is 6.92 Å². The number of rotatable bonds is 1. The van der Waals surface area contributed by atoms with Crippen LogP contribution in [0.1, 0.15) is 30.0 Å². The standard InChI is InChI=1S/C8H12N2S/c1-6-5-11-7(10-6)8(9)3-2-4-8/h5H,2-4,9H2,1H3. The molecule has 1 heterocycles. The van der Waals surface area contributed by atoms with Crippen molar-refractivity contribution in [1.82, 2.24) is 4.98 Å². The van der Waals surface area contributed by atoms with Gasteiger partial charge in [0.15, 0.2) is 0 Å². The largest absolute Gasteiger partial charge is 0.319 e. The van der Waals surface area contributed by atoms with Gasteiger partial charge in [-0.25, -0.2) is 4.98 Å². The summed E-state index contributed by atoms with van der Waals surface area (Å²) in [7, 11) is 0. The Bertz CT molecular complexity index is 263. The molecule has 0 amide bonds. The molecule has 0 aromatic carbocycles. The van der Waals surface area contributed by atoms with Crippen LogP contribution in [0.4, 0.5) is 0 Å². The first kappa shape index (κ1) is 7.25. The molecule has 1 fully saturated rings. The lowest BCUT2D eigenvalue weighted by Crippen LogP contribution is -2.43. The first-order valence-electron chi connectivity index (χ1n) is 3.92. The molecule has 0 atom stereocenters. The molecule has 1 aliphatic rings. The van der Waals surface area contributed by atoms with E-state index in [4.69, 9.17) is 5.73 Å². The molecular formula is C8H12N2S. The summed E-state index contributed by atoms with van der Waals surface area (Å²) in [6.07, 6.45) is 3.48. The molecule has 2 N–H and O–H groups in total. The number of nitrogens with two attached hydrogens (primary N) is 1. The van der Waals surface area contributed by atoms with Gasteiger partial charge in [-0.15, -0.1) is 11.3 Å². The summed E-state index contributed by atoms with van der Waals surface area (Å²) in [6.45, 7) is 2.02. The van der Waals surface area contributed by atoms with Crippen molar-refractivity contribution in [2.75, 3.05) is 0 Å². The Kier molecular flexibility index (Phi) is 1.51. The van der Waals surface area contributed by atoms with Crippen LogP contribution < -0.4 is 5.73 Å². The Hall–Kier alpha value is -0.410. The van der Waals surface area contributed by atoms with Gasteiger partial charge in [0.05, 0.1) is 5.54 Å². The van der Waals surface area contributed by atoms with Crippen LogP contribution in [-0.4, -0.2) is 4.98 Å². The maximum absolute atomic E-state index is 6.09. The Balaban J connectivity index is 2.28. The summed E-state index contributed by atoms with van der Waals surface area (Å²) in [4.78, 5) is 4.40. The van der Waals surface area contributed by atoms with Crippen molar-refractivity contribution >= 4 is 11.3 Å². The fourth-order valence-corrected chi connectivity index (χ4v) is 2.32. The van der Waals surface area contributed by atoms with Gasteiger partial charge in [0.2, 0.25) is 0 Å². The van der Waals surface area contributed by atoms with Crippen molar-refractivity contribution in [2.24, 2.45) is 5.73 Å². The number of hydrogen-bond donors (Lipinski definition) is 1. The third-order valence-corrected chi connectivity index (χ3v) is 3.47. The van der Waals surface area contributed by atoms with Gasteiger partial charge in [-0.3, -0.25) is 0 Å². The lowest BCUT2D eigenvalue weighted by Gasteiger charge is -2.35. The highest BCUT2D eigenvalue weighted by Crippen LogP contribution is 2.39. The van der Waals surface area contributed by atoms with Gasteiger partial charge in [-0.2, -0.15) is 0 Å². The van der Waals surface area contributed by atoms with E-state index in [0.29, 0.717) is 0 Å². The van der Waals surface area contributed by atoms with Crippen molar-refractivity contribution in [1.29, 1.82) is 0 Å². The summed E-state index contributed by atoms with van der Waals surface area (Å²) in [5, 5.41) is 3.20. The van der Waals surface area contributed by atoms with E-state index < -0.39 is 0 Å². The highest BCUT2D eigenvalue weighted by Gasteiger charge is 2.36. The average molecular weight is 168 g/mol. The van der Waals surface area contributed by atoms with E-state index in [9.17, 15) is 0 Å². The third-order valence-electron chi connectivity index (χ3n) is 2.29. The van der Waals surface area contributed by atoms with E-state index in [2.05, 4.69) is 10.4 Å². The molecule has 0 aliphatic heterocycles. The van der Waals surface area contributed by atoms with Crippen LogP contribution in [0.2, 0.25) is 0 Å². The second-order valence-corrected chi connectivity index (χ2v) is 4.16.